The summed E-state index contributed by atoms with van der Waals surface area (Å²) >= 11 is 0. The predicted molar refractivity (Wildman–Crippen MR) is 273 cm³/mol. The molecule has 68 heavy (non-hydrogen) atoms. The first-order valence-corrected chi connectivity index (χ1v) is 22.5. The standard InChI is InChI=1S/C60H42N8/c1-39-36-53(62-40(2)61-39)54-51(47-26-15-28-49(37-47)59-65-55(43-20-9-4-10-21-43)63-56(66-59)44-22-11-5-12-23-44)30-17-31-52(54)48-27-16-29-50(38-48)60-67-57(45-24-13-6-14-25-45)64-58(68-60)46-34-32-42(33-35-46)41-18-7-3-8-19-41/h3-38H,1-2H3. The van der Waals surface area contributed by atoms with Crippen LogP contribution in [0, 0.1) is 13.8 Å². The lowest BCUT2D eigenvalue weighted by Gasteiger charge is -2.17. The van der Waals surface area contributed by atoms with Crippen LogP contribution >= 0.6 is 0 Å². The molecule has 3 heterocycles. The molecule has 0 fully saturated rings. The zero-order valence-electron chi connectivity index (χ0n) is 37.4. The van der Waals surface area contributed by atoms with Gasteiger partial charge in [0.15, 0.2) is 34.9 Å². The van der Waals surface area contributed by atoms with E-state index in [0.29, 0.717) is 40.8 Å². The molecule has 0 aliphatic carbocycles. The highest BCUT2D eigenvalue weighted by atomic mass is 15.0. The number of rotatable bonds is 10. The molecule has 3 aromatic heterocycles. The van der Waals surface area contributed by atoms with Crippen LogP contribution in [-0.4, -0.2) is 39.9 Å². The summed E-state index contributed by atoms with van der Waals surface area (Å²) in [6, 6.07) is 74.2. The van der Waals surface area contributed by atoms with Gasteiger partial charge in [-0.05, 0) is 65.4 Å². The van der Waals surface area contributed by atoms with Crippen LogP contribution in [0.3, 0.4) is 0 Å². The van der Waals surface area contributed by atoms with Crippen LogP contribution in [0.4, 0.5) is 0 Å². The van der Waals surface area contributed by atoms with Crippen molar-refractivity contribution in [1.82, 2.24) is 39.9 Å². The van der Waals surface area contributed by atoms with Gasteiger partial charge in [-0.25, -0.2) is 39.9 Å². The lowest BCUT2D eigenvalue weighted by atomic mass is 9.88. The number of hydrogen-bond acceptors (Lipinski definition) is 8. The van der Waals surface area contributed by atoms with Crippen molar-refractivity contribution in [2.75, 3.05) is 0 Å². The Bertz CT molecular complexity index is 3490. The summed E-state index contributed by atoms with van der Waals surface area (Å²) in [5.74, 6) is 4.26. The summed E-state index contributed by atoms with van der Waals surface area (Å²) in [6.07, 6.45) is 0. The first kappa shape index (κ1) is 41.6. The quantitative estimate of drug-likeness (QED) is 0.134. The molecule has 0 bridgehead atoms. The van der Waals surface area contributed by atoms with E-state index >= 15 is 0 Å². The largest absolute Gasteiger partial charge is 0.239 e. The highest BCUT2D eigenvalue weighted by molar-refractivity contribution is 5.94. The third-order valence-electron chi connectivity index (χ3n) is 11.8. The Kier molecular flexibility index (Phi) is 11.2. The molecular formula is C60H42N8. The zero-order valence-corrected chi connectivity index (χ0v) is 37.4. The highest BCUT2D eigenvalue weighted by Gasteiger charge is 2.20. The van der Waals surface area contributed by atoms with E-state index in [1.807, 2.05) is 111 Å². The van der Waals surface area contributed by atoms with Gasteiger partial charge in [-0.1, -0.05) is 200 Å². The van der Waals surface area contributed by atoms with Gasteiger partial charge in [-0.15, -0.1) is 0 Å². The third-order valence-corrected chi connectivity index (χ3v) is 11.8. The molecule has 11 rings (SSSR count). The molecule has 0 saturated heterocycles. The molecule has 8 aromatic carbocycles. The SMILES string of the molecule is Cc1cc(-c2c(-c3cccc(-c4nc(-c5ccccc5)nc(-c5ccccc5)n4)c3)cccc2-c2cccc(-c3nc(-c4ccccc4)nc(-c4ccc(-c5ccccc5)cc4)n3)c2)nc(C)n1. The average Bonchev–Trinajstić information content (AvgIpc) is 3.41. The van der Waals surface area contributed by atoms with Crippen LogP contribution in [0.15, 0.2) is 218 Å². The summed E-state index contributed by atoms with van der Waals surface area (Å²) in [6.45, 7) is 3.95. The van der Waals surface area contributed by atoms with Crippen LogP contribution in [0.2, 0.25) is 0 Å². The fourth-order valence-electron chi connectivity index (χ4n) is 8.54. The van der Waals surface area contributed by atoms with E-state index in [2.05, 4.69) is 126 Å². The molecule has 11 aromatic rings. The first-order chi connectivity index (χ1) is 33.5. The van der Waals surface area contributed by atoms with Crippen molar-refractivity contribution in [3.8, 4) is 113 Å². The summed E-state index contributed by atoms with van der Waals surface area (Å²) in [5, 5.41) is 0. The van der Waals surface area contributed by atoms with Crippen molar-refractivity contribution in [2.24, 2.45) is 0 Å². The molecule has 0 amide bonds. The number of aromatic nitrogens is 8. The van der Waals surface area contributed by atoms with E-state index < -0.39 is 0 Å². The van der Waals surface area contributed by atoms with Crippen molar-refractivity contribution in [1.29, 1.82) is 0 Å². The Morgan fingerprint density at radius 1 is 0.235 bits per heavy atom. The summed E-state index contributed by atoms with van der Waals surface area (Å²) < 4.78 is 0. The molecule has 0 radical (unpaired) electrons. The minimum absolute atomic E-state index is 0.573. The van der Waals surface area contributed by atoms with Gasteiger partial charge in [0.25, 0.3) is 0 Å². The van der Waals surface area contributed by atoms with Crippen molar-refractivity contribution in [2.45, 2.75) is 13.8 Å². The number of benzene rings is 8. The molecule has 0 aliphatic rings. The molecule has 8 nitrogen and oxygen atoms in total. The topological polar surface area (TPSA) is 103 Å². The maximum atomic E-state index is 5.14. The molecule has 0 unspecified atom stereocenters. The molecule has 8 heteroatoms. The van der Waals surface area contributed by atoms with Crippen LogP contribution in [-0.2, 0) is 0 Å². The summed E-state index contributed by atoms with van der Waals surface area (Å²) in [7, 11) is 0. The lowest BCUT2D eigenvalue weighted by Crippen LogP contribution is -2.01. The number of nitrogens with zero attached hydrogens (tertiary/aromatic N) is 8. The molecule has 0 saturated carbocycles. The van der Waals surface area contributed by atoms with E-state index in [1.165, 1.54) is 0 Å². The molecule has 0 aliphatic heterocycles. The minimum Gasteiger partial charge on any atom is -0.239 e. The van der Waals surface area contributed by atoms with Crippen molar-refractivity contribution >= 4 is 0 Å². The minimum atomic E-state index is 0.573. The van der Waals surface area contributed by atoms with E-state index in [9.17, 15) is 0 Å². The number of aryl methyl sites for hydroxylation is 2. The summed E-state index contributed by atoms with van der Waals surface area (Å²) in [5.41, 5.74) is 14.3. The van der Waals surface area contributed by atoms with Crippen LogP contribution < -0.4 is 0 Å². The van der Waals surface area contributed by atoms with E-state index in [0.717, 1.165) is 83.7 Å². The van der Waals surface area contributed by atoms with Gasteiger partial charge in [0.2, 0.25) is 0 Å². The fourth-order valence-corrected chi connectivity index (χ4v) is 8.54. The van der Waals surface area contributed by atoms with Crippen molar-refractivity contribution < 1.29 is 0 Å². The van der Waals surface area contributed by atoms with E-state index in [-0.39, 0.29) is 0 Å². The van der Waals surface area contributed by atoms with Gasteiger partial charge in [0, 0.05) is 44.6 Å². The first-order valence-electron chi connectivity index (χ1n) is 22.5. The smallest absolute Gasteiger partial charge is 0.164 e. The van der Waals surface area contributed by atoms with E-state index in [4.69, 9.17) is 34.9 Å². The Hall–Kier alpha value is -9.14. The molecule has 0 N–H and O–H groups in total. The molecule has 0 atom stereocenters. The van der Waals surface area contributed by atoms with Gasteiger partial charge in [-0.3, -0.25) is 0 Å². The molecule has 0 spiro atoms. The second-order valence-corrected chi connectivity index (χ2v) is 16.5. The van der Waals surface area contributed by atoms with Crippen LogP contribution in [0.25, 0.3) is 113 Å². The van der Waals surface area contributed by atoms with Gasteiger partial charge in [-0.2, -0.15) is 0 Å². The Labute approximate surface area is 394 Å². The molecular weight excluding hydrogens is 833 g/mol. The summed E-state index contributed by atoms with van der Waals surface area (Å²) in [4.78, 5) is 40.0. The predicted octanol–water partition coefficient (Wildman–Crippen LogP) is 14.1. The van der Waals surface area contributed by atoms with Crippen molar-refractivity contribution in [3.63, 3.8) is 0 Å². The normalized spacial score (nSPS) is 11.1. The highest BCUT2D eigenvalue weighted by Crippen LogP contribution is 2.41. The van der Waals surface area contributed by atoms with Gasteiger partial charge >= 0.3 is 0 Å². The maximum Gasteiger partial charge on any atom is 0.164 e. The fraction of sp³-hybridized carbons (Fsp3) is 0.0333. The van der Waals surface area contributed by atoms with Gasteiger partial charge < -0.3 is 0 Å². The molecule has 322 valence electrons. The zero-order chi connectivity index (χ0) is 45.8. The maximum absolute atomic E-state index is 5.14. The third kappa shape index (κ3) is 8.69. The Balaban J connectivity index is 1.04. The number of hydrogen-bond donors (Lipinski definition) is 0. The van der Waals surface area contributed by atoms with Gasteiger partial charge in [0.05, 0.1) is 5.69 Å². The second-order valence-electron chi connectivity index (χ2n) is 16.5. The van der Waals surface area contributed by atoms with Crippen LogP contribution in [0.5, 0.6) is 0 Å². The Morgan fingerprint density at radius 3 is 0.956 bits per heavy atom. The second kappa shape index (κ2) is 18.4. The van der Waals surface area contributed by atoms with Gasteiger partial charge in [0.1, 0.15) is 5.82 Å². The Morgan fingerprint density at radius 2 is 0.544 bits per heavy atom. The lowest BCUT2D eigenvalue weighted by molar-refractivity contribution is 1.02. The van der Waals surface area contributed by atoms with E-state index in [1.54, 1.807) is 0 Å². The monoisotopic (exact) mass is 874 g/mol. The van der Waals surface area contributed by atoms with Crippen LogP contribution in [0.1, 0.15) is 11.5 Å². The average molecular weight is 875 g/mol. The van der Waals surface area contributed by atoms with Crippen molar-refractivity contribution in [3.05, 3.63) is 230 Å².